The molecule has 0 unspecified atom stereocenters. The third kappa shape index (κ3) is 4.35. The van der Waals surface area contributed by atoms with Crippen molar-refractivity contribution in [2.24, 2.45) is 0 Å². The Balaban J connectivity index is 2.04. The number of fused-ring (bicyclic) bond motifs is 1. The van der Waals surface area contributed by atoms with Gasteiger partial charge in [0.05, 0.1) is 24.2 Å². The predicted molar refractivity (Wildman–Crippen MR) is 110 cm³/mol. The third-order valence-electron chi connectivity index (χ3n) is 4.21. The highest BCUT2D eigenvalue weighted by Crippen LogP contribution is 2.28. The van der Waals surface area contributed by atoms with E-state index >= 15 is 0 Å². The third-order valence-corrected chi connectivity index (χ3v) is 4.87. The van der Waals surface area contributed by atoms with Gasteiger partial charge in [0, 0.05) is 10.5 Å². The molecule has 0 aliphatic carbocycles. The maximum absolute atomic E-state index is 12.6. The molecule has 2 aromatic heterocycles. The monoisotopic (exact) mass is 433 g/mol. The number of hydrogen-bond donors (Lipinski definition) is 1. The van der Waals surface area contributed by atoms with Gasteiger partial charge in [0.2, 0.25) is 11.8 Å². The van der Waals surface area contributed by atoms with Crippen LogP contribution in [0.3, 0.4) is 0 Å². The molecule has 27 heavy (non-hydrogen) atoms. The second-order valence-corrected chi connectivity index (χ2v) is 7.13. The summed E-state index contributed by atoms with van der Waals surface area (Å²) in [6.07, 6.45) is 3.95. The topological polar surface area (TPSA) is 69.1 Å². The zero-order valence-corrected chi connectivity index (χ0v) is 17.2. The Hall–Kier alpha value is -2.28. The number of unbranched alkanes of at least 4 members (excludes halogenated alkanes) is 2. The van der Waals surface area contributed by atoms with Crippen molar-refractivity contribution in [3.63, 3.8) is 0 Å². The summed E-state index contributed by atoms with van der Waals surface area (Å²) in [7, 11) is 0. The molecule has 0 saturated heterocycles. The van der Waals surface area contributed by atoms with Gasteiger partial charge in [0.25, 0.3) is 0 Å². The average Bonchev–Trinajstić information content (AvgIpc) is 3.00. The Morgan fingerprint density at radius 2 is 1.81 bits per heavy atom. The first kappa shape index (κ1) is 19.5. The van der Waals surface area contributed by atoms with Crippen molar-refractivity contribution < 1.29 is 9.47 Å². The van der Waals surface area contributed by atoms with Gasteiger partial charge in [-0.1, -0.05) is 32.8 Å². The Morgan fingerprint density at radius 1 is 1.07 bits per heavy atom. The van der Waals surface area contributed by atoms with Gasteiger partial charge in [0.15, 0.2) is 0 Å². The summed E-state index contributed by atoms with van der Waals surface area (Å²) in [5.41, 5.74) is 1.86. The van der Waals surface area contributed by atoms with Crippen molar-refractivity contribution in [1.82, 2.24) is 14.5 Å². The minimum Gasteiger partial charge on any atom is -0.478 e. The zero-order valence-electron chi connectivity index (χ0n) is 15.6. The number of pyridine rings is 1. The first-order valence-electron chi connectivity index (χ1n) is 9.32. The highest BCUT2D eigenvalue weighted by atomic mass is 79.9. The maximum atomic E-state index is 12.6. The Morgan fingerprint density at radius 3 is 2.56 bits per heavy atom. The molecule has 1 N–H and O–H groups in total. The fourth-order valence-electron chi connectivity index (χ4n) is 2.74. The van der Waals surface area contributed by atoms with Crippen LogP contribution >= 0.6 is 15.9 Å². The molecule has 0 amide bonds. The van der Waals surface area contributed by atoms with Gasteiger partial charge < -0.3 is 14.5 Å². The van der Waals surface area contributed by atoms with Crippen LogP contribution in [0, 0.1) is 0 Å². The van der Waals surface area contributed by atoms with Gasteiger partial charge in [-0.15, -0.1) is 0 Å². The smallest absolute Gasteiger partial charge is 0.331 e. The number of para-hydroxylation sites is 1. The summed E-state index contributed by atoms with van der Waals surface area (Å²) in [6.45, 7) is 5.36. The standard InChI is InChI=1S/C20H24BrN3O3/c1-3-5-12-26-17-11-10-16(19(22-17)27-13-6-4-2)24-15-9-7-8-14(21)18(15)23-20(24)25/h7-11H,3-6,12-13H2,1-2H3,(H,23,25). The Bertz CT molecular complexity index is 965. The molecule has 0 aliphatic heterocycles. The molecule has 0 aliphatic rings. The number of imidazole rings is 1. The molecule has 3 aromatic rings. The van der Waals surface area contributed by atoms with E-state index in [1.165, 1.54) is 0 Å². The lowest BCUT2D eigenvalue weighted by molar-refractivity contribution is 0.272. The molecule has 2 heterocycles. The van der Waals surface area contributed by atoms with Gasteiger partial charge in [0.1, 0.15) is 5.69 Å². The van der Waals surface area contributed by atoms with Crippen LogP contribution in [0.1, 0.15) is 39.5 Å². The molecule has 0 spiro atoms. The van der Waals surface area contributed by atoms with Crippen LogP contribution < -0.4 is 15.2 Å². The average molecular weight is 434 g/mol. The summed E-state index contributed by atoms with van der Waals surface area (Å²) < 4.78 is 14.0. The lowest BCUT2D eigenvalue weighted by atomic mass is 10.3. The number of H-pyrrole nitrogens is 1. The van der Waals surface area contributed by atoms with Crippen LogP contribution in [0.5, 0.6) is 11.8 Å². The van der Waals surface area contributed by atoms with E-state index < -0.39 is 0 Å². The molecule has 6 nitrogen and oxygen atoms in total. The lowest BCUT2D eigenvalue weighted by Crippen LogP contribution is -2.16. The normalized spacial score (nSPS) is 11.1. The first-order valence-corrected chi connectivity index (χ1v) is 10.1. The second-order valence-electron chi connectivity index (χ2n) is 6.28. The fourth-order valence-corrected chi connectivity index (χ4v) is 3.20. The quantitative estimate of drug-likeness (QED) is 0.490. The van der Waals surface area contributed by atoms with E-state index in [1.54, 1.807) is 10.6 Å². The molecular formula is C20H24BrN3O3. The van der Waals surface area contributed by atoms with Gasteiger partial charge in [-0.05, 0) is 47.0 Å². The zero-order chi connectivity index (χ0) is 19.2. The largest absolute Gasteiger partial charge is 0.478 e. The van der Waals surface area contributed by atoms with Gasteiger partial charge in [-0.3, -0.25) is 4.57 Å². The number of benzene rings is 1. The van der Waals surface area contributed by atoms with E-state index in [2.05, 4.69) is 39.7 Å². The summed E-state index contributed by atoms with van der Waals surface area (Å²) in [5, 5.41) is 0. The minimum absolute atomic E-state index is 0.237. The van der Waals surface area contributed by atoms with Gasteiger partial charge >= 0.3 is 5.69 Å². The number of rotatable bonds is 9. The van der Waals surface area contributed by atoms with Crippen molar-refractivity contribution in [1.29, 1.82) is 0 Å². The van der Waals surface area contributed by atoms with E-state index in [-0.39, 0.29) is 5.69 Å². The van der Waals surface area contributed by atoms with Gasteiger partial charge in [-0.2, -0.15) is 4.98 Å². The highest BCUT2D eigenvalue weighted by Gasteiger charge is 2.17. The van der Waals surface area contributed by atoms with Crippen molar-refractivity contribution in [3.05, 3.63) is 45.3 Å². The van der Waals surface area contributed by atoms with Crippen molar-refractivity contribution in [2.75, 3.05) is 13.2 Å². The highest BCUT2D eigenvalue weighted by molar-refractivity contribution is 9.10. The molecule has 0 atom stereocenters. The van der Waals surface area contributed by atoms with E-state index in [0.29, 0.717) is 30.7 Å². The minimum atomic E-state index is -0.237. The van der Waals surface area contributed by atoms with E-state index in [1.807, 2.05) is 24.3 Å². The summed E-state index contributed by atoms with van der Waals surface area (Å²) in [5.74, 6) is 0.910. The number of ether oxygens (including phenoxy) is 2. The predicted octanol–water partition coefficient (Wildman–Crippen LogP) is 4.83. The SMILES string of the molecule is CCCCOc1ccc(-n2c(=O)[nH]c3c(Br)cccc32)c(OCCCC)n1. The van der Waals surface area contributed by atoms with E-state index in [4.69, 9.17) is 9.47 Å². The summed E-state index contributed by atoms with van der Waals surface area (Å²) in [6, 6.07) is 9.28. The van der Waals surface area contributed by atoms with Crippen LogP contribution in [0.4, 0.5) is 0 Å². The number of aromatic nitrogens is 3. The van der Waals surface area contributed by atoms with Crippen LogP contribution in [-0.4, -0.2) is 27.7 Å². The number of hydrogen-bond acceptors (Lipinski definition) is 4. The van der Waals surface area contributed by atoms with Crippen LogP contribution in [0.15, 0.2) is 39.6 Å². The fraction of sp³-hybridized carbons (Fsp3) is 0.400. The molecule has 3 rings (SSSR count). The second kappa shape index (κ2) is 9.08. The molecule has 0 radical (unpaired) electrons. The van der Waals surface area contributed by atoms with Crippen LogP contribution in [-0.2, 0) is 0 Å². The van der Waals surface area contributed by atoms with Crippen molar-refractivity contribution >= 4 is 27.0 Å². The number of nitrogens with zero attached hydrogens (tertiary/aromatic N) is 2. The summed E-state index contributed by atoms with van der Waals surface area (Å²) in [4.78, 5) is 20.0. The summed E-state index contributed by atoms with van der Waals surface area (Å²) >= 11 is 3.48. The van der Waals surface area contributed by atoms with Gasteiger partial charge in [-0.25, -0.2) is 4.79 Å². The molecule has 144 valence electrons. The number of aromatic amines is 1. The Kier molecular flexibility index (Phi) is 6.55. The lowest BCUT2D eigenvalue weighted by Gasteiger charge is -2.13. The maximum Gasteiger partial charge on any atom is 0.331 e. The van der Waals surface area contributed by atoms with Crippen molar-refractivity contribution in [3.8, 4) is 17.4 Å². The number of nitrogens with one attached hydrogen (secondary N) is 1. The van der Waals surface area contributed by atoms with E-state index in [0.717, 1.165) is 41.2 Å². The molecule has 0 bridgehead atoms. The first-order chi connectivity index (χ1) is 13.2. The molecule has 0 saturated carbocycles. The number of halogens is 1. The molecule has 7 heteroatoms. The Labute approximate surface area is 166 Å². The molecular weight excluding hydrogens is 410 g/mol. The van der Waals surface area contributed by atoms with Crippen LogP contribution in [0.2, 0.25) is 0 Å². The van der Waals surface area contributed by atoms with Crippen molar-refractivity contribution in [2.45, 2.75) is 39.5 Å². The van der Waals surface area contributed by atoms with Crippen LogP contribution in [0.25, 0.3) is 16.7 Å². The molecule has 0 fully saturated rings. The molecule has 1 aromatic carbocycles. The van der Waals surface area contributed by atoms with E-state index in [9.17, 15) is 4.79 Å².